The molecule has 2 aromatic rings. The standard InChI is InChI=1S/C19H25N5O/c1-15(24-12-8-16-5-2-3-6-17(16)14-24)13-23-18(25)7-11-22-19-20-9-4-10-21-19/h2-6,9-10,15H,7-8,11-14H2,1H3,(H,23,25)(H,20,21,22)/t15-/m1/s1. The van der Waals surface area contributed by atoms with Gasteiger partial charge in [0.2, 0.25) is 11.9 Å². The van der Waals surface area contributed by atoms with E-state index < -0.39 is 0 Å². The van der Waals surface area contributed by atoms with E-state index in [2.05, 4.69) is 56.7 Å². The lowest BCUT2D eigenvalue weighted by Crippen LogP contribution is -2.44. The van der Waals surface area contributed by atoms with Gasteiger partial charge >= 0.3 is 0 Å². The minimum atomic E-state index is 0.0488. The summed E-state index contributed by atoms with van der Waals surface area (Å²) in [5.74, 6) is 0.600. The number of benzene rings is 1. The Morgan fingerprint density at radius 3 is 2.76 bits per heavy atom. The Labute approximate surface area is 148 Å². The lowest BCUT2D eigenvalue weighted by atomic mass is 9.99. The summed E-state index contributed by atoms with van der Waals surface area (Å²) in [5, 5.41) is 6.07. The van der Waals surface area contributed by atoms with Gasteiger partial charge in [0.1, 0.15) is 0 Å². The van der Waals surface area contributed by atoms with E-state index in [4.69, 9.17) is 0 Å². The van der Waals surface area contributed by atoms with E-state index in [0.29, 0.717) is 31.5 Å². The topological polar surface area (TPSA) is 70.1 Å². The van der Waals surface area contributed by atoms with E-state index in [-0.39, 0.29) is 5.91 Å². The molecule has 2 heterocycles. The first-order valence-electron chi connectivity index (χ1n) is 8.81. The Morgan fingerprint density at radius 1 is 1.20 bits per heavy atom. The van der Waals surface area contributed by atoms with Crippen molar-refractivity contribution in [2.45, 2.75) is 32.4 Å². The maximum Gasteiger partial charge on any atom is 0.222 e. The molecule has 6 heteroatoms. The van der Waals surface area contributed by atoms with Crippen LogP contribution in [0.15, 0.2) is 42.7 Å². The number of rotatable bonds is 7. The van der Waals surface area contributed by atoms with Crippen LogP contribution in [0.5, 0.6) is 0 Å². The molecule has 1 aliphatic heterocycles. The molecule has 0 spiro atoms. The number of fused-ring (bicyclic) bond motifs is 1. The Morgan fingerprint density at radius 2 is 1.96 bits per heavy atom. The summed E-state index contributed by atoms with van der Waals surface area (Å²) >= 11 is 0. The van der Waals surface area contributed by atoms with Crippen LogP contribution in [0, 0.1) is 0 Å². The second kappa shape index (κ2) is 8.58. The quantitative estimate of drug-likeness (QED) is 0.805. The number of nitrogens with one attached hydrogen (secondary N) is 2. The fourth-order valence-corrected chi connectivity index (χ4v) is 3.05. The van der Waals surface area contributed by atoms with Gasteiger partial charge in [0.05, 0.1) is 0 Å². The zero-order valence-corrected chi connectivity index (χ0v) is 14.6. The maximum absolute atomic E-state index is 12.0. The highest BCUT2D eigenvalue weighted by Gasteiger charge is 2.20. The SMILES string of the molecule is C[C@H](CNC(=O)CCNc1ncccn1)N1CCc2ccccc2C1. The number of amides is 1. The van der Waals surface area contributed by atoms with Gasteiger partial charge in [-0.15, -0.1) is 0 Å². The summed E-state index contributed by atoms with van der Waals surface area (Å²) < 4.78 is 0. The van der Waals surface area contributed by atoms with Crippen LogP contribution in [0.25, 0.3) is 0 Å². The third kappa shape index (κ3) is 5.00. The van der Waals surface area contributed by atoms with E-state index >= 15 is 0 Å². The smallest absolute Gasteiger partial charge is 0.222 e. The monoisotopic (exact) mass is 339 g/mol. The van der Waals surface area contributed by atoms with Crippen molar-refractivity contribution in [2.24, 2.45) is 0 Å². The normalized spacial score (nSPS) is 15.2. The molecule has 1 atom stereocenters. The summed E-state index contributed by atoms with van der Waals surface area (Å²) in [6.45, 7) is 5.37. The van der Waals surface area contributed by atoms with E-state index in [0.717, 1.165) is 19.5 Å². The molecule has 0 saturated heterocycles. The summed E-state index contributed by atoms with van der Waals surface area (Å²) in [6, 6.07) is 10.7. The number of nitrogens with zero attached hydrogens (tertiary/aromatic N) is 3. The Hall–Kier alpha value is -2.47. The predicted octanol–water partition coefficient (Wildman–Crippen LogP) is 1.84. The number of carbonyl (C=O) groups excluding carboxylic acids is 1. The van der Waals surface area contributed by atoms with Crippen LogP contribution < -0.4 is 10.6 Å². The molecule has 2 N–H and O–H groups in total. The molecule has 1 amide bonds. The highest BCUT2D eigenvalue weighted by molar-refractivity contribution is 5.76. The van der Waals surface area contributed by atoms with Crippen molar-refractivity contribution in [3.63, 3.8) is 0 Å². The molecule has 132 valence electrons. The van der Waals surface area contributed by atoms with Crippen LogP contribution in [-0.2, 0) is 17.8 Å². The lowest BCUT2D eigenvalue weighted by molar-refractivity contribution is -0.121. The first-order chi connectivity index (χ1) is 12.2. The van der Waals surface area contributed by atoms with Crippen molar-refractivity contribution in [3.05, 3.63) is 53.9 Å². The second-order valence-electron chi connectivity index (χ2n) is 6.39. The largest absolute Gasteiger partial charge is 0.354 e. The van der Waals surface area contributed by atoms with Crippen LogP contribution in [0.4, 0.5) is 5.95 Å². The van der Waals surface area contributed by atoms with Crippen LogP contribution in [0.1, 0.15) is 24.5 Å². The number of hydrogen-bond acceptors (Lipinski definition) is 5. The van der Waals surface area contributed by atoms with Gasteiger partial charge in [-0.1, -0.05) is 24.3 Å². The van der Waals surface area contributed by atoms with Gasteiger partial charge in [-0.25, -0.2) is 9.97 Å². The molecule has 6 nitrogen and oxygen atoms in total. The van der Waals surface area contributed by atoms with Crippen molar-refractivity contribution in [1.82, 2.24) is 20.2 Å². The Kier molecular flexibility index (Phi) is 5.95. The molecule has 1 aromatic carbocycles. The van der Waals surface area contributed by atoms with Crippen molar-refractivity contribution in [3.8, 4) is 0 Å². The fraction of sp³-hybridized carbons (Fsp3) is 0.421. The fourth-order valence-electron chi connectivity index (χ4n) is 3.05. The Balaban J connectivity index is 1.37. The molecule has 0 unspecified atom stereocenters. The average molecular weight is 339 g/mol. The van der Waals surface area contributed by atoms with Gasteiger partial charge in [0, 0.05) is 51.0 Å². The van der Waals surface area contributed by atoms with Crippen molar-refractivity contribution in [1.29, 1.82) is 0 Å². The Bertz CT molecular complexity index is 691. The van der Waals surface area contributed by atoms with Crippen LogP contribution >= 0.6 is 0 Å². The second-order valence-corrected chi connectivity index (χ2v) is 6.39. The molecule has 3 rings (SSSR count). The third-order valence-corrected chi connectivity index (χ3v) is 4.58. The first-order valence-corrected chi connectivity index (χ1v) is 8.81. The van der Waals surface area contributed by atoms with Crippen molar-refractivity contribution < 1.29 is 4.79 Å². The number of carbonyl (C=O) groups is 1. The average Bonchev–Trinajstić information content (AvgIpc) is 2.66. The zero-order chi connectivity index (χ0) is 17.5. The third-order valence-electron chi connectivity index (χ3n) is 4.58. The van der Waals surface area contributed by atoms with E-state index in [1.807, 2.05) is 0 Å². The first kappa shape index (κ1) is 17.4. The molecule has 0 fully saturated rings. The molecular weight excluding hydrogens is 314 g/mol. The van der Waals surface area contributed by atoms with E-state index in [1.54, 1.807) is 18.5 Å². The summed E-state index contributed by atoms with van der Waals surface area (Å²) in [4.78, 5) is 22.6. The van der Waals surface area contributed by atoms with Gasteiger partial charge in [-0.2, -0.15) is 0 Å². The zero-order valence-electron chi connectivity index (χ0n) is 14.6. The number of anilines is 1. The van der Waals surface area contributed by atoms with Gasteiger partial charge in [-0.3, -0.25) is 9.69 Å². The van der Waals surface area contributed by atoms with Crippen LogP contribution in [0.2, 0.25) is 0 Å². The van der Waals surface area contributed by atoms with Gasteiger partial charge in [0.25, 0.3) is 0 Å². The molecule has 1 aliphatic rings. The molecule has 1 aromatic heterocycles. The minimum Gasteiger partial charge on any atom is -0.354 e. The lowest BCUT2D eigenvalue weighted by Gasteiger charge is -2.33. The highest BCUT2D eigenvalue weighted by atomic mass is 16.1. The maximum atomic E-state index is 12.0. The van der Waals surface area contributed by atoms with Crippen molar-refractivity contribution in [2.75, 3.05) is 25.0 Å². The minimum absolute atomic E-state index is 0.0488. The molecule has 25 heavy (non-hydrogen) atoms. The van der Waals surface area contributed by atoms with Gasteiger partial charge in [0.15, 0.2) is 0 Å². The van der Waals surface area contributed by atoms with E-state index in [1.165, 1.54) is 11.1 Å². The van der Waals surface area contributed by atoms with Crippen LogP contribution in [-0.4, -0.2) is 46.5 Å². The molecule has 0 radical (unpaired) electrons. The summed E-state index contributed by atoms with van der Waals surface area (Å²) in [6.07, 6.45) is 4.84. The van der Waals surface area contributed by atoms with Crippen molar-refractivity contribution >= 4 is 11.9 Å². The molecular formula is C19H25N5O. The van der Waals surface area contributed by atoms with Gasteiger partial charge < -0.3 is 10.6 Å². The summed E-state index contributed by atoms with van der Waals surface area (Å²) in [5.41, 5.74) is 2.85. The number of aromatic nitrogens is 2. The number of hydrogen-bond donors (Lipinski definition) is 2. The molecule has 0 aliphatic carbocycles. The molecule has 0 saturated carbocycles. The predicted molar refractivity (Wildman–Crippen MR) is 98.2 cm³/mol. The van der Waals surface area contributed by atoms with Crippen LogP contribution in [0.3, 0.4) is 0 Å². The van der Waals surface area contributed by atoms with E-state index in [9.17, 15) is 4.79 Å². The van der Waals surface area contributed by atoms with Gasteiger partial charge in [-0.05, 0) is 30.5 Å². The highest BCUT2D eigenvalue weighted by Crippen LogP contribution is 2.19. The summed E-state index contributed by atoms with van der Waals surface area (Å²) in [7, 11) is 0. The molecule has 0 bridgehead atoms.